The first-order valence-electron chi connectivity index (χ1n) is 5.04. The predicted octanol–water partition coefficient (Wildman–Crippen LogP) is 1.37. The zero-order valence-corrected chi connectivity index (χ0v) is 9.44. The SMILES string of the molecule is CCN(C)Cc1cccc(/C(N)=N/O)c1F. The number of nitrogens with two attached hydrogens (primary N) is 1. The highest BCUT2D eigenvalue weighted by atomic mass is 19.1. The molecular formula is C11H16FN3O. The van der Waals surface area contributed by atoms with Crippen LogP contribution in [-0.2, 0) is 6.54 Å². The number of rotatable bonds is 4. The topological polar surface area (TPSA) is 61.8 Å². The lowest BCUT2D eigenvalue weighted by Gasteiger charge is -2.15. The Kier molecular flexibility index (Phi) is 4.25. The van der Waals surface area contributed by atoms with E-state index in [1.165, 1.54) is 6.07 Å². The van der Waals surface area contributed by atoms with Crippen molar-refractivity contribution in [3.63, 3.8) is 0 Å². The molecule has 0 unspecified atom stereocenters. The fourth-order valence-corrected chi connectivity index (χ4v) is 1.36. The Morgan fingerprint density at radius 2 is 2.25 bits per heavy atom. The summed E-state index contributed by atoms with van der Waals surface area (Å²) in [5, 5.41) is 11.3. The van der Waals surface area contributed by atoms with Crippen molar-refractivity contribution in [1.29, 1.82) is 0 Å². The molecule has 0 aliphatic rings. The van der Waals surface area contributed by atoms with Crippen LogP contribution >= 0.6 is 0 Å². The first kappa shape index (κ1) is 12.4. The fourth-order valence-electron chi connectivity index (χ4n) is 1.36. The summed E-state index contributed by atoms with van der Waals surface area (Å²) in [6.07, 6.45) is 0. The number of nitrogens with zero attached hydrogens (tertiary/aromatic N) is 2. The van der Waals surface area contributed by atoms with E-state index in [1.807, 2.05) is 18.9 Å². The van der Waals surface area contributed by atoms with Gasteiger partial charge in [-0.2, -0.15) is 0 Å². The lowest BCUT2D eigenvalue weighted by Crippen LogP contribution is -2.20. The van der Waals surface area contributed by atoms with E-state index in [1.54, 1.807) is 12.1 Å². The maximum absolute atomic E-state index is 13.9. The third-order valence-corrected chi connectivity index (χ3v) is 2.44. The van der Waals surface area contributed by atoms with Crippen molar-refractivity contribution in [2.45, 2.75) is 13.5 Å². The molecule has 0 amide bonds. The molecule has 0 heterocycles. The molecule has 1 rings (SSSR count). The van der Waals surface area contributed by atoms with Crippen molar-refractivity contribution in [3.05, 3.63) is 35.1 Å². The molecule has 0 fully saturated rings. The average Bonchev–Trinajstić information content (AvgIpc) is 2.30. The normalized spacial score (nSPS) is 12.1. The zero-order chi connectivity index (χ0) is 12.1. The molecule has 0 aliphatic heterocycles. The van der Waals surface area contributed by atoms with Gasteiger partial charge in [-0.3, -0.25) is 0 Å². The molecule has 3 N–H and O–H groups in total. The number of halogens is 1. The minimum atomic E-state index is -0.432. The monoisotopic (exact) mass is 225 g/mol. The average molecular weight is 225 g/mol. The van der Waals surface area contributed by atoms with Crippen molar-refractivity contribution in [3.8, 4) is 0 Å². The molecule has 0 radical (unpaired) electrons. The summed E-state index contributed by atoms with van der Waals surface area (Å²) < 4.78 is 13.9. The Bertz CT molecular complexity index is 393. The fraction of sp³-hybridized carbons (Fsp3) is 0.364. The van der Waals surface area contributed by atoms with Crippen LogP contribution in [-0.4, -0.2) is 29.5 Å². The molecule has 5 heteroatoms. The van der Waals surface area contributed by atoms with Crippen LogP contribution in [0.1, 0.15) is 18.1 Å². The van der Waals surface area contributed by atoms with Gasteiger partial charge in [-0.1, -0.05) is 24.2 Å². The largest absolute Gasteiger partial charge is 0.409 e. The van der Waals surface area contributed by atoms with Crippen LogP contribution in [0.4, 0.5) is 4.39 Å². The summed E-state index contributed by atoms with van der Waals surface area (Å²) in [6, 6.07) is 4.87. The molecule has 0 saturated heterocycles. The molecule has 88 valence electrons. The molecule has 0 bridgehead atoms. The van der Waals surface area contributed by atoms with Crippen LogP contribution in [0.3, 0.4) is 0 Å². The van der Waals surface area contributed by atoms with Gasteiger partial charge in [-0.15, -0.1) is 0 Å². The van der Waals surface area contributed by atoms with Gasteiger partial charge in [-0.05, 0) is 19.7 Å². The summed E-state index contributed by atoms with van der Waals surface area (Å²) in [7, 11) is 1.90. The van der Waals surface area contributed by atoms with Crippen molar-refractivity contribution < 1.29 is 9.60 Å². The highest BCUT2D eigenvalue weighted by Gasteiger charge is 2.12. The summed E-state index contributed by atoms with van der Waals surface area (Å²) in [6.45, 7) is 3.31. The van der Waals surface area contributed by atoms with Gasteiger partial charge in [-0.25, -0.2) is 4.39 Å². The molecule has 16 heavy (non-hydrogen) atoms. The Balaban J connectivity index is 3.04. The van der Waals surface area contributed by atoms with Gasteiger partial charge in [0.1, 0.15) is 5.82 Å². The van der Waals surface area contributed by atoms with Crippen molar-refractivity contribution in [2.75, 3.05) is 13.6 Å². The highest BCUT2D eigenvalue weighted by molar-refractivity contribution is 5.97. The summed E-state index contributed by atoms with van der Waals surface area (Å²) in [5.74, 6) is -0.642. The van der Waals surface area contributed by atoms with E-state index < -0.39 is 5.82 Å². The van der Waals surface area contributed by atoms with Crippen LogP contribution in [0.15, 0.2) is 23.4 Å². The van der Waals surface area contributed by atoms with Crippen LogP contribution in [0.2, 0.25) is 0 Å². The van der Waals surface area contributed by atoms with Gasteiger partial charge in [0, 0.05) is 12.1 Å². The smallest absolute Gasteiger partial charge is 0.173 e. The van der Waals surface area contributed by atoms with Gasteiger partial charge in [0.15, 0.2) is 5.84 Å². The van der Waals surface area contributed by atoms with Crippen LogP contribution in [0.5, 0.6) is 0 Å². The molecule has 0 aliphatic carbocycles. The standard InChI is InChI=1S/C11H16FN3O/c1-3-15(2)7-8-5-4-6-9(10(8)12)11(13)14-16/h4-6,16H,3,7H2,1-2H3,(H2,13,14). The van der Waals surface area contributed by atoms with Crippen LogP contribution < -0.4 is 5.73 Å². The van der Waals surface area contributed by atoms with Gasteiger partial charge in [0.05, 0.1) is 5.56 Å². The predicted molar refractivity (Wildman–Crippen MR) is 60.9 cm³/mol. The second-order valence-corrected chi connectivity index (χ2v) is 3.59. The van der Waals surface area contributed by atoms with Gasteiger partial charge < -0.3 is 15.8 Å². The van der Waals surface area contributed by atoms with Gasteiger partial charge in [0.2, 0.25) is 0 Å². The van der Waals surface area contributed by atoms with E-state index in [4.69, 9.17) is 10.9 Å². The third kappa shape index (κ3) is 2.70. The van der Waals surface area contributed by atoms with Gasteiger partial charge in [0.25, 0.3) is 0 Å². The van der Waals surface area contributed by atoms with Crippen LogP contribution in [0.25, 0.3) is 0 Å². The maximum Gasteiger partial charge on any atom is 0.173 e. The molecule has 0 aromatic heterocycles. The molecule has 1 aromatic rings. The van der Waals surface area contributed by atoms with E-state index in [-0.39, 0.29) is 11.4 Å². The van der Waals surface area contributed by atoms with Crippen molar-refractivity contribution in [1.82, 2.24) is 4.90 Å². The van der Waals surface area contributed by atoms with Gasteiger partial charge >= 0.3 is 0 Å². The summed E-state index contributed by atoms with van der Waals surface area (Å²) in [5.41, 5.74) is 6.04. The minimum absolute atomic E-state index is 0.129. The van der Waals surface area contributed by atoms with Crippen LogP contribution in [0, 0.1) is 5.82 Å². The first-order chi connectivity index (χ1) is 7.60. The molecule has 4 nitrogen and oxygen atoms in total. The summed E-state index contributed by atoms with van der Waals surface area (Å²) >= 11 is 0. The number of hydrogen-bond donors (Lipinski definition) is 2. The molecule has 0 atom stereocenters. The van der Waals surface area contributed by atoms with E-state index in [0.29, 0.717) is 12.1 Å². The van der Waals surface area contributed by atoms with Crippen molar-refractivity contribution in [2.24, 2.45) is 10.9 Å². The van der Waals surface area contributed by atoms with E-state index in [9.17, 15) is 4.39 Å². The Morgan fingerprint density at radius 3 is 2.81 bits per heavy atom. The number of oxime groups is 1. The molecule has 0 saturated carbocycles. The Labute approximate surface area is 94.2 Å². The maximum atomic E-state index is 13.9. The quantitative estimate of drug-likeness (QED) is 0.352. The lowest BCUT2D eigenvalue weighted by molar-refractivity contribution is 0.318. The third-order valence-electron chi connectivity index (χ3n) is 2.44. The minimum Gasteiger partial charge on any atom is -0.409 e. The van der Waals surface area contributed by atoms with E-state index in [0.717, 1.165) is 6.54 Å². The lowest BCUT2D eigenvalue weighted by atomic mass is 10.1. The highest BCUT2D eigenvalue weighted by Crippen LogP contribution is 2.14. The number of hydrogen-bond acceptors (Lipinski definition) is 3. The molecule has 0 spiro atoms. The van der Waals surface area contributed by atoms with Crippen molar-refractivity contribution >= 4 is 5.84 Å². The molecular weight excluding hydrogens is 209 g/mol. The summed E-state index contributed by atoms with van der Waals surface area (Å²) in [4.78, 5) is 1.97. The second-order valence-electron chi connectivity index (χ2n) is 3.59. The van der Waals surface area contributed by atoms with E-state index >= 15 is 0 Å². The second kappa shape index (κ2) is 5.46. The van der Waals surface area contributed by atoms with E-state index in [2.05, 4.69) is 5.16 Å². The Morgan fingerprint density at radius 1 is 1.56 bits per heavy atom. The number of benzene rings is 1. The number of amidine groups is 1. The zero-order valence-electron chi connectivity index (χ0n) is 9.44. The Hall–Kier alpha value is -1.62. The first-order valence-corrected chi connectivity index (χ1v) is 5.04. The molecule has 1 aromatic carbocycles.